The Bertz CT molecular complexity index is 385. The van der Waals surface area contributed by atoms with Crippen LogP contribution in [-0.4, -0.2) is 47.6 Å². The van der Waals surface area contributed by atoms with Crippen molar-refractivity contribution in [3.63, 3.8) is 0 Å². The van der Waals surface area contributed by atoms with Crippen LogP contribution in [-0.2, 0) is 9.59 Å². The molecule has 5 heteroatoms. The van der Waals surface area contributed by atoms with Gasteiger partial charge in [0.25, 0.3) is 0 Å². The Kier molecular flexibility index (Phi) is 5.25. The summed E-state index contributed by atoms with van der Waals surface area (Å²) in [5.41, 5.74) is -0.267. The van der Waals surface area contributed by atoms with Gasteiger partial charge < -0.3 is 15.3 Å². The minimum Gasteiger partial charge on any atom is -0.481 e. The monoisotopic (exact) mass is 296 g/mol. The van der Waals surface area contributed by atoms with E-state index in [0.717, 1.165) is 38.8 Å². The largest absolute Gasteiger partial charge is 0.481 e. The van der Waals surface area contributed by atoms with Gasteiger partial charge in [-0.2, -0.15) is 0 Å². The van der Waals surface area contributed by atoms with Crippen molar-refractivity contribution in [3.8, 4) is 0 Å². The molecule has 0 aromatic carbocycles. The zero-order chi connectivity index (χ0) is 15.5. The van der Waals surface area contributed by atoms with E-state index in [1.807, 2.05) is 11.8 Å². The number of carboxylic acid groups (broad SMARTS) is 1. The second kappa shape index (κ2) is 6.77. The number of aliphatic carboxylic acids is 1. The lowest BCUT2D eigenvalue weighted by Gasteiger charge is -2.44. The lowest BCUT2D eigenvalue weighted by Crippen LogP contribution is -2.56. The maximum atomic E-state index is 13.1. The van der Waals surface area contributed by atoms with Crippen molar-refractivity contribution in [1.82, 2.24) is 10.2 Å². The fourth-order valence-electron chi connectivity index (χ4n) is 3.95. The Labute approximate surface area is 127 Å². The van der Waals surface area contributed by atoms with Gasteiger partial charge in [-0.15, -0.1) is 0 Å². The van der Waals surface area contributed by atoms with Crippen molar-refractivity contribution in [3.05, 3.63) is 0 Å². The zero-order valence-corrected chi connectivity index (χ0v) is 13.2. The number of carboxylic acids is 1. The van der Waals surface area contributed by atoms with Crippen LogP contribution >= 0.6 is 0 Å². The molecule has 120 valence electrons. The van der Waals surface area contributed by atoms with Crippen LogP contribution in [0.25, 0.3) is 0 Å². The average Bonchev–Trinajstić information content (AvgIpc) is 2.47. The number of nitrogens with one attached hydrogen (secondary N) is 1. The van der Waals surface area contributed by atoms with Crippen LogP contribution in [0.1, 0.15) is 52.4 Å². The summed E-state index contributed by atoms with van der Waals surface area (Å²) in [7, 11) is 0. The molecule has 3 atom stereocenters. The van der Waals surface area contributed by atoms with E-state index < -0.39 is 5.97 Å². The molecule has 21 heavy (non-hydrogen) atoms. The van der Waals surface area contributed by atoms with Gasteiger partial charge in [-0.25, -0.2) is 0 Å². The maximum Gasteiger partial charge on any atom is 0.306 e. The molecule has 2 rings (SSSR count). The van der Waals surface area contributed by atoms with Gasteiger partial charge in [0.15, 0.2) is 0 Å². The first kappa shape index (κ1) is 16.3. The van der Waals surface area contributed by atoms with Crippen LogP contribution in [0.3, 0.4) is 0 Å². The van der Waals surface area contributed by atoms with Gasteiger partial charge in [-0.3, -0.25) is 9.59 Å². The SMILES string of the molecule is CCCC1(C(=O)N2CCC(C(=O)O)CC2C)CCCNC1. The van der Waals surface area contributed by atoms with E-state index in [1.54, 1.807) is 0 Å². The van der Waals surface area contributed by atoms with Gasteiger partial charge >= 0.3 is 5.97 Å². The number of hydrogen-bond acceptors (Lipinski definition) is 3. The second-order valence-electron chi connectivity index (χ2n) is 6.72. The molecule has 0 spiro atoms. The molecule has 1 amide bonds. The Morgan fingerprint density at radius 1 is 1.43 bits per heavy atom. The molecule has 2 fully saturated rings. The Morgan fingerprint density at radius 3 is 2.71 bits per heavy atom. The van der Waals surface area contributed by atoms with Gasteiger partial charge in [0.1, 0.15) is 0 Å². The third-order valence-corrected chi connectivity index (χ3v) is 5.14. The highest BCUT2D eigenvalue weighted by Gasteiger charge is 2.44. The average molecular weight is 296 g/mol. The van der Waals surface area contributed by atoms with E-state index in [9.17, 15) is 9.59 Å². The minimum atomic E-state index is -0.725. The number of carbonyl (C=O) groups excluding carboxylic acids is 1. The maximum absolute atomic E-state index is 13.1. The predicted octanol–water partition coefficient (Wildman–Crippen LogP) is 1.87. The summed E-state index contributed by atoms with van der Waals surface area (Å²) in [5.74, 6) is -0.778. The number of carbonyl (C=O) groups is 2. The smallest absolute Gasteiger partial charge is 0.306 e. The van der Waals surface area contributed by atoms with Crippen molar-refractivity contribution >= 4 is 11.9 Å². The molecular weight excluding hydrogens is 268 g/mol. The van der Waals surface area contributed by atoms with Crippen LogP contribution in [0.5, 0.6) is 0 Å². The summed E-state index contributed by atoms with van der Waals surface area (Å²) >= 11 is 0. The molecule has 2 heterocycles. The van der Waals surface area contributed by atoms with Crippen molar-refractivity contribution in [2.75, 3.05) is 19.6 Å². The molecule has 2 aliphatic rings. The molecule has 0 saturated carbocycles. The quantitative estimate of drug-likeness (QED) is 0.831. The summed E-state index contributed by atoms with van der Waals surface area (Å²) in [6, 6.07) is 0.0306. The van der Waals surface area contributed by atoms with Crippen LogP contribution in [0.15, 0.2) is 0 Å². The first-order valence-electron chi connectivity index (χ1n) is 8.25. The topological polar surface area (TPSA) is 69.6 Å². The summed E-state index contributed by atoms with van der Waals surface area (Å²) in [4.78, 5) is 26.2. The first-order valence-corrected chi connectivity index (χ1v) is 8.25. The molecule has 2 saturated heterocycles. The summed E-state index contributed by atoms with van der Waals surface area (Å²) in [5, 5.41) is 12.5. The van der Waals surface area contributed by atoms with Crippen molar-refractivity contribution < 1.29 is 14.7 Å². The summed E-state index contributed by atoms with van der Waals surface area (Å²) in [6.45, 7) is 6.47. The van der Waals surface area contributed by atoms with Crippen LogP contribution in [0.2, 0.25) is 0 Å². The molecular formula is C16H28N2O3. The van der Waals surface area contributed by atoms with Crippen LogP contribution in [0, 0.1) is 11.3 Å². The highest BCUT2D eigenvalue weighted by molar-refractivity contribution is 5.84. The zero-order valence-electron chi connectivity index (χ0n) is 13.2. The summed E-state index contributed by atoms with van der Waals surface area (Å²) < 4.78 is 0. The Balaban J connectivity index is 2.08. The summed E-state index contributed by atoms with van der Waals surface area (Å²) in [6.07, 6.45) is 5.10. The molecule has 0 aromatic heterocycles. The lowest BCUT2D eigenvalue weighted by molar-refractivity contribution is -0.153. The number of amides is 1. The minimum absolute atomic E-state index is 0.0306. The molecule has 0 aromatic rings. The number of hydrogen-bond donors (Lipinski definition) is 2. The van der Waals surface area contributed by atoms with E-state index in [1.165, 1.54) is 0 Å². The van der Waals surface area contributed by atoms with Crippen molar-refractivity contribution in [2.24, 2.45) is 11.3 Å². The highest BCUT2D eigenvalue weighted by Crippen LogP contribution is 2.36. The third-order valence-electron chi connectivity index (χ3n) is 5.14. The molecule has 0 bridgehead atoms. The lowest BCUT2D eigenvalue weighted by atomic mass is 9.75. The van der Waals surface area contributed by atoms with E-state index in [4.69, 9.17) is 5.11 Å². The molecule has 2 N–H and O–H groups in total. The number of likely N-dealkylation sites (tertiary alicyclic amines) is 1. The van der Waals surface area contributed by atoms with E-state index in [2.05, 4.69) is 12.2 Å². The molecule has 2 aliphatic heterocycles. The van der Waals surface area contributed by atoms with E-state index >= 15 is 0 Å². The van der Waals surface area contributed by atoms with E-state index in [0.29, 0.717) is 19.4 Å². The number of nitrogens with zero attached hydrogens (tertiary/aromatic N) is 1. The van der Waals surface area contributed by atoms with Crippen LogP contribution < -0.4 is 5.32 Å². The Hall–Kier alpha value is -1.10. The van der Waals surface area contributed by atoms with Gasteiger partial charge in [-0.1, -0.05) is 13.3 Å². The van der Waals surface area contributed by atoms with Gasteiger partial charge in [-0.05, 0) is 45.6 Å². The fraction of sp³-hybridized carbons (Fsp3) is 0.875. The first-order chi connectivity index (χ1) is 10.00. The molecule has 0 radical (unpaired) electrons. The number of piperidine rings is 2. The number of rotatable bonds is 4. The Morgan fingerprint density at radius 2 is 2.19 bits per heavy atom. The van der Waals surface area contributed by atoms with Gasteiger partial charge in [0, 0.05) is 19.1 Å². The predicted molar refractivity (Wildman–Crippen MR) is 81.0 cm³/mol. The normalized spacial score (nSPS) is 33.7. The molecule has 3 unspecified atom stereocenters. The highest BCUT2D eigenvalue weighted by atomic mass is 16.4. The van der Waals surface area contributed by atoms with Crippen molar-refractivity contribution in [2.45, 2.75) is 58.4 Å². The molecule has 5 nitrogen and oxygen atoms in total. The van der Waals surface area contributed by atoms with E-state index in [-0.39, 0.29) is 23.3 Å². The van der Waals surface area contributed by atoms with Crippen molar-refractivity contribution in [1.29, 1.82) is 0 Å². The van der Waals surface area contributed by atoms with Crippen LogP contribution in [0.4, 0.5) is 0 Å². The standard InChI is InChI=1S/C16H28N2O3/c1-3-6-16(7-4-8-17-11-16)15(21)18-9-5-13(14(19)20)10-12(18)2/h12-13,17H,3-11H2,1-2H3,(H,19,20). The van der Waals surface area contributed by atoms with Gasteiger partial charge in [0.2, 0.25) is 5.91 Å². The third kappa shape index (κ3) is 3.39. The molecule has 0 aliphatic carbocycles. The fourth-order valence-corrected chi connectivity index (χ4v) is 3.95. The van der Waals surface area contributed by atoms with Gasteiger partial charge in [0.05, 0.1) is 11.3 Å². The second-order valence-corrected chi connectivity index (χ2v) is 6.72.